The quantitative estimate of drug-likeness (QED) is 0.646. The molecule has 2 aromatic rings. The Kier molecular flexibility index (Phi) is 6.65. The molecule has 0 atom stereocenters. The molecule has 1 fully saturated rings. The van der Waals surface area contributed by atoms with Crippen LogP contribution in [0.3, 0.4) is 0 Å². The molecule has 1 aliphatic heterocycles. The van der Waals surface area contributed by atoms with Gasteiger partial charge in [-0.15, -0.1) is 0 Å². The average molecular weight is 417 g/mol. The first kappa shape index (κ1) is 20.3. The van der Waals surface area contributed by atoms with E-state index in [1.54, 1.807) is 6.07 Å². The number of amides is 1. The number of nitrogens with one attached hydrogen (secondary N) is 1. The monoisotopic (exact) mass is 416 g/mol. The molecule has 0 radical (unpaired) electrons. The molecule has 7 heteroatoms. The predicted molar refractivity (Wildman–Crippen MR) is 116 cm³/mol. The number of ether oxygens (including phenoxy) is 2. The van der Waals surface area contributed by atoms with Gasteiger partial charge in [0.25, 0.3) is 5.91 Å². The van der Waals surface area contributed by atoms with Crippen LogP contribution >= 0.6 is 23.4 Å². The first-order chi connectivity index (χ1) is 13.5. The summed E-state index contributed by atoms with van der Waals surface area (Å²) in [5, 5.41) is 4.00. The summed E-state index contributed by atoms with van der Waals surface area (Å²) < 4.78 is 11.2. The maximum absolute atomic E-state index is 12.3. The summed E-state index contributed by atoms with van der Waals surface area (Å²) in [6, 6.07) is 11.1. The highest BCUT2D eigenvalue weighted by Crippen LogP contribution is 2.33. The van der Waals surface area contributed by atoms with E-state index < -0.39 is 0 Å². The molecule has 0 aromatic heterocycles. The highest BCUT2D eigenvalue weighted by Gasteiger charge is 2.24. The van der Waals surface area contributed by atoms with Crippen LogP contribution in [-0.4, -0.2) is 24.3 Å². The van der Waals surface area contributed by atoms with Crippen LogP contribution in [0.1, 0.15) is 25.0 Å². The molecular weight excluding hydrogens is 396 g/mol. The number of rotatable bonds is 6. The number of benzene rings is 2. The molecule has 146 valence electrons. The predicted octanol–water partition coefficient (Wildman–Crippen LogP) is 5.34. The number of thioether (sulfide) groups is 1. The Balaban J connectivity index is 1.84. The third kappa shape index (κ3) is 4.88. The largest absolute Gasteiger partial charge is 0.490 e. The number of halogens is 1. The maximum Gasteiger partial charge on any atom is 0.264 e. The third-order valence-corrected chi connectivity index (χ3v) is 5.04. The van der Waals surface area contributed by atoms with E-state index in [1.165, 1.54) is 11.8 Å². The van der Waals surface area contributed by atoms with E-state index in [1.807, 2.05) is 57.2 Å². The van der Waals surface area contributed by atoms with E-state index >= 15 is 0 Å². The fraction of sp³-hybridized carbons (Fsp3) is 0.238. The van der Waals surface area contributed by atoms with Crippen molar-refractivity contribution in [2.45, 2.75) is 20.8 Å². The van der Waals surface area contributed by atoms with Crippen molar-refractivity contribution in [1.82, 2.24) is 5.32 Å². The minimum atomic E-state index is -0.179. The van der Waals surface area contributed by atoms with Crippen molar-refractivity contribution in [3.63, 3.8) is 0 Å². The zero-order chi connectivity index (χ0) is 20.1. The standard InChI is InChI=1S/C21H21ClN2O3S/c1-4-26-17-9-6-14(11-18(17)27-5-2)12-19-20(25)24-21(28-19)23-16-8-7-15(22)10-13(16)3/h6-12H,4-5H2,1-3H3,(H,23,24,25)/b19-12-. The van der Waals surface area contributed by atoms with Crippen LogP contribution < -0.4 is 14.8 Å². The second-order valence-electron chi connectivity index (χ2n) is 5.98. The smallest absolute Gasteiger partial charge is 0.264 e. The molecule has 1 aliphatic rings. The van der Waals surface area contributed by atoms with Crippen LogP contribution in [0.4, 0.5) is 5.69 Å². The lowest BCUT2D eigenvalue weighted by Crippen LogP contribution is -2.19. The lowest BCUT2D eigenvalue weighted by molar-refractivity contribution is -0.115. The Morgan fingerprint density at radius 3 is 2.57 bits per heavy atom. The van der Waals surface area contributed by atoms with Crippen molar-refractivity contribution in [2.75, 3.05) is 13.2 Å². The van der Waals surface area contributed by atoms with Crippen LogP contribution in [-0.2, 0) is 4.79 Å². The summed E-state index contributed by atoms with van der Waals surface area (Å²) in [6.07, 6.45) is 1.81. The van der Waals surface area contributed by atoms with Gasteiger partial charge in [-0.2, -0.15) is 0 Å². The molecule has 1 heterocycles. The second-order valence-corrected chi connectivity index (χ2v) is 7.45. The molecule has 0 bridgehead atoms. The number of carbonyl (C=O) groups is 1. The molecular formula is C21H21ClN2O3S. The van der Waals surface area contributed by atoms with Crippen LogP contribution in [0.2, 0.25) is 5.02 Å². The molecule has 5 nitrogen and oxygen atoms in total. The summed E-state index contributed by atoms with van der Waals surface area (Å²) in [5.41, 5.74) is 2.57. The molecule has 0 unspecified atom stereocenters. The molecule has 28 heavy (non-hydrogen) atoms. The first-order valence-electron chi connectivity index (χ1n) is 8.95. The Hall–Kier alpha value is -2.44. The van der Waals surface area contributed by atoms with Gasteiger partial charge in [-0.05, 0) is 80.1 Å². The van der Waals surface area contributed by atoms with Gasteiger partial charge in [-0.1, -0.05) is 17.7 Å². The Bertz CT molecular complexity index is 957. The molecule has 0 aliphatic carbocycles. The van der Waals surface area contributed by atoms with E-state index in [9.17, 15) is 4.79 Å². The SMILES string of the molecule is CCOc1ccc(/C=C2\SC(=Nc3ccc(Cl)cc3C)NC2=O)cc1OCC. The van der Waals surface area contributed by atoms with Gasteiger partial charge >= 0.3 is 0 Å². The van der Waals surface area contributed by atoms with E-state index in [0.717, 1.165) is 16.8 Å². The first-order valence-corrected chi connectivity index (χ1v) is 10.1. The fourth-order valence-electron chi connectivity index (χ4n) is 2.64. The highest BCUT2D eigenvalue weighted by atomic mass is 35.5. The summed E-state index contributed by atoms with van der Waals surface area (Å²) in [6.45, 7) is 6.87. The second kappa shape index (κ2) is 9.17. The molecule has 3 rings (SSSR count). The van der Waals surface area contributed by atoms with Crippen molar-refractivity contribution in [3.05, 3.63) is 57.5 Å². The Morgan fingerprint density at radius 1 is 1.11 bits per heavy atom. The molecule has 0 spiro atoms. The van der Waals surface area contributed by atoms with Gasteiger partial charge in [0.2, 0.25) is 0 Å². The van der Waals surface area contributed by atoms with E-state index in [4.69, 9.17) is 21.1 Å². The number of aliphatic imine (C=N–C) groups is 1. The van der Waals surface area contributed by atoms with Crippen LogP contribution in [0, 0.1) is 6.92 Å². The van der Waals surface area contributed by atoms with Crippen LogP contribution in [0.25, 0.3) is 6.08 Å². The van der Waals surface area contributed by atoms with E-state index in [0.29, 0.717) is 39.8 Å². The summed E-state index contributed by atoms with van der Waals surface area (Å²) in [4.78, 5) is 17.4. The molecule has 0 saturated carbocycles. The van der Waals surface area contributed by atoms with Crippen LogP contribution in [0.15, 0.2) is 46.3 Å². The van der Waals surface area contributed by atoms with E-state index in [2.05, 4.69) is 10.3 Å². The number of aryl methyl sites for hydroxylation is 1. The van der Waals surface area contributed by atoms with E-state index in [-0.39, 0.29) is 5.91 Å². The van der Waals surface area contributed by atoms with Crippen molar-refractivity contribution >= 4 is 46.2 Å². The van der Waals surface area contributed by atoms with Crippen molar-refractivity contribution in [3.8, 4) is 11.5 Å². The summed E-state index contributed by atoms with van der Waals surface area (Å²) >= 11 is 7.28. The van der Waals surface area contributed by atoms with Crippen molar-refractivity contribution < 1.29 is 14.3 Å². The number of carbonyl (C=O) groups excluding carboxylic acids is 1. The average Bonchev–Trinajstić information content (AvgIpc) is 2.99. The third-order valence-electron chi connectivity index (χ3n) is 3.90. The van der Waals surface area contributed by atoms with Gasteiger partial charge in [0.15, 0.2) is 16.7 Å². The molecule has 1 saturated heterocycles. The summed E-state index contributed by atoms with van der Waals surface area (Å²) in [7, 11) is 0. The zero-order valence-electron chi connectivity index (χ0n) is 15.9. The van der Waals surface area contributed by atoms with Gasteiger partial charge in [0.05, 0.1) is 23.8 Å². The highest BCUT2D eigenvalue weighted by molar-refractivity contribution is 8.18. The van der Waals surface area contributed by atoms with Crippen molar-refractivity contribution in [2.24, 2.45) is 4.99 Å². The fourth-order valence-corrected chi connectivity index (χ4v) is 3.70. The molecule has 1 N–H and O–H groups in total. The number of hydrogen-bond acceptors (Lipinski definition) is 5. The van der Waals surface area contributed by atoms with Gasteiger partial charge < -0.3 is 14.8 Å². The minimum absolute atomic E-state index is 0.179. The van der Waals surface area contributed by atoms with Gasteiger partial charge in [-0.25, -0.2) is 4.99 Å². The lowest BCUT2D eigenvalue weighted by atomic mass is 10.2. The van der Waals surface area contributed by atoms with Crippen molar-refractivity contribution in [1.29, 1.82) is 0 Å². The van der Waals surface area contributed by atoms with Gasteiger partial charge in [0.1, 0.15) is 0 Å². The maximum atomic E-state index is 12.3. The Labute approximate surface area is 173 Å². The lowest BCUT2D eigenvalue weighted by Gasteiger charge is -2.11. The number of hydrogen-bond donors (Lipinski definition) is 1. The zero-order valence-corrected chi connectivity index (χ0v) is 17.5. The molecule has 2 aromatic carbocycles. The van der Waals surface area contributed by atoms with Gasteiger partial charge in [-0.3, -0.25) is 4.79 Å². The topological polar surface area (TPSA) is 59.9 Å². The summed E-state index contributed by atoms with van der Waals surface area (Å²) in [5.74, 6) is 1.17. The minimum Gasteiger partial charge on any atom is -0.490 e. The molecule has 1 amide bonds. The number of amidine groups is 1. The normalized spacial score (nSPS) is 16.5. The van der Waals surface area contributed by atoms with Crippen LogP contribution in [0.5, 0.6) is 11.5 Å². The number of nitrogens with zero attached hydrogens (tertiary/aromatic N) is 1. The Morgan fingerprint density at radius 2 is 1.86 bits per heavy atom. The van der Waals surface area contributed by atoms with Gasteiger partial charge in [0, 0.05) is 5.02 Å².